The van der Waals surface area contributed by atoms with Crippen molar-refractivity contribution in [2.45, 2.75) is 47.1 Å². The van der Waals surface area contributed by atoms with E-state index in [-0.39, 0.29) is 11.2 Å². The number of halogens is 1. The summed E-state index contributed by atoms with van der Waals surface area (Å²) >= 11 is 0. The Morgan fingerprint density at radius 3 is 2.58 bits per heavy atom. The van der Waals surface area contributed by atoms with E-state index in [1.165, 1.54) is 6.07 Å². The van der Waals surface area contributed by atoms with E-state index in [2.05, 4.69) is 5.32 Å². The number of aryl methyl sites for hydroxylation is 1. The van der Waals surface area contributed by atoms with Gasteiger partial charge in [0.05, 0.1) is 16.9 Å². The topological polar surface area (TPSA) is 51.1 Å². The van der Waals surface area contributed by atoms with Gasteiger partial charge in [-0.3, -0.25) is 9.59 Å². The highest BCUT2D eigenvalue weighted by atomic mass is 19.1. The summed E-state index contributed by atoms with van der Waals surface area (Å²) in [5, 5.41) is 2.94. The molecule has 1 N–H and O–H groups in total. The minimum absolute atomic E-state index is 0.117. The average Bonchev–Trinajstić information content (AvgIpc) is 3.06. The summed E-state index contributed by atoms with van der Waals surface area (Å²) < 4.78 is 15.7. The van der Waals surface area contributed by atoms with Crippen molar-refractivity contribution >= 4 is 17.7 Å². The molecule has 1 aromatic carbocycles. The van der Waals surface area contributed by atoms with Crippen molar-refractivity contribution in [3.63, 3.8) is 0 Å². The third-order valence-electron chi connectivity index (χ3n) is 4.14. The van der Waals surface area contributed by atoms with Gasteiger partial charge in [0.2, 0.25) is 0 Å². The van der Waals surface area contributed by atoms with E-state index in [0.29, 0.717) is 29.8 Å². The molecular weight excluding hydrogens is 307 g/mol. The first kappa shape index (κ1) is 17.9. The monoisotopic (exact) mass is 330 g/mol. The van der Waals surface area contributed by atoms with Crippen LogP contribution in [0.25, 0.3) is 0 Å². The van der Waals surface area contributed by atoms with Gasteiger partial charge in [0, 0.05) is 17.8 Å². The van der Waals surface area contributed by atoms with Crippen molar-refractivity contribution in [2.75, 3.05) is 5.32 Å². The number of nitrogens with one attached hydrogen (secondary N) is 1. The largest absolute Gasteiger partial charge is 0.352 e. The van der Waals surface area contributed by atoms with Gasteiger partial charge in [0.15, 0.2) is 6.29 Å². The van der Waals surface area contributed by atoms with Crippen LogP contribution >= 0.6 is 0 Å². The molecule has 0 saturated carbocycles. The number of benzene rings is 1. The molecule has 4 nitrogen and oxygen atoms in total. The van der Waals surface area contributed by atoms with Gasteiger partial charge in [-0.2, -0.15) is 0 Å². The SMILES string of the molecule is CC.Cc1ccc(Nc2c(C=O)c3n(c(=O)c2C)CCC3)c(F)c1. The standard InChI is InChI=1S/C17H17FN2O2.C2H6/c1-10-5-6-14(13(18)8-10)19-16-11(2)17(22)20-7-3-4-15(20)12(16)9-21;1-2/h5-6,8-9,19H,3-4,7H2,1-2H3;1-2H3. The highest BCUT2D eigenvalue weighted by Gasteiger charge is 2.23. The summed E-state index contributed by atoms with van der Waals surface area (Å²) in [6.45, 7) is 8.10. The Labute approximate surface area is 141 Å². The van der Waals surface area contributed by atoms with Crippen molar-refractivity contribution in [3.05, 3.63) is 56.8 Å². The number of nitrogens with zero attached hydrogens (tertiary/aromatic N) is 1. The van der Waals surface area contributed by atoms with Gasteiger partial charge in [-0.25, -0.2) is 4.39 Å². The summed E-state index contributed by atoms with van der Waals surface area (Å²) in [5.74, 6) is -0.406. The average molecular weight is 330 g/mol. The van der Waals surface area contributed by atoms with E-state index in [1.54, 1.807) is 30.5 Å². The Kier molecular flexibility index (Phi) is 5.54. The Hall–Kier alpha value is -2.43. The van der Waals surface area contributed by atoms with Gasteiger partial charge in [-0.1, -0.05) is 19.9 Å². The van der Waals surface area contributed by atoms with Crippen LogP contribution < -0.4 is 10.9 Å². The molecule has 2 heterocycles. The second-order valence-electron chi connectivity index (χ2n) is 5.65. The molecule has 0 atom stereocenters. The number of aromatic nitrogens is 1. The maximum atomic E-state index is 14.0. The zero-order chi connectivity index (χ0) is 17.9. The van der Waals surface area contributed by atoms with E-state index in [0.717, 1.165) is 24.0 Å². The molecule has 0 spiro atoms. The molecule has 2 aromatic rings. The van der Waals surface area contributed by atoms with Gasteiger partial charge in [0.1, 0.15) is 5.82 Å². The lowest BCUT2D eigenvalue weighted by Gasteiger charge is -2.16. The first-order valence-corrected chi connectivity index (χ1v) is 8.27. The minimum atomic E-state index is -0.406. The molecule has 0 saturated heterocycles. The van der Waals surface area contributed by atoms with Gasteiger partial charge < -0.3 is 9.88 Å². The fraction of sp³-hybridized carbons (Fsp3) is 0.368. The number of carbonyl (C=O) groups is 1. The molecule has 1 aliphatic heterocycles. The molecular formula is C19H23FN2O2. The highest BCUT2D eigenvalue weighted by Crippen LogP contribution is 2.29. The number of anilines is 2. The maximum Gasteiger partial charge on any atom is 0.255 e. The molecule has 1 aromatic heterocycles. The Bertz CT molecular complexity index is 825. The molecule has 1 aliphatic rings. The van der Waals surface area contributed by atoms with Crippen molar-refractivity contribution in [1.29, 1.82) is 0 Å². The van der Waals surface area contributed by atoms with Crippen LogP contribution in [-0.2, 0) is 13.0 Å². The maximum absolute atomic E-state index is 14.0. The first-order valence-electron chi connectivity index (χ1n) is 8.27. The number of fused-ring (bicyclic) bond motifs is 1. The predicted octanol–water partition coefficient (Wildman–Crippen LogP) is 4.13. The van der Waals surface area contributed by atoms with E-state index in [4.69, 9.17) is 0 Å². The molecule has 128 valence electrons. The van der Waals surface area contributed by atoms with Gasteiger partial charge in [0.25, 0.3) is 5.56 Å². The smallest absolute Gasteiger partial charge is 0.255 e. The van der Waals surface area contributed by atoms with Gasteiger partial charge in [-0.15, -0.1) is 0 Å². The third-order valence-corrected chi connectivity index (χ3v) is 4.14. The van der Waals surface area contributed by atoms with Crippen LogP contribution in [0.1, 0.15) is 47.4 Å². The number of carbonyl (C=O) groups excluding carboxylic acids is 1. The van der Waals surface area contributed by atoms with Gasteiger partial charge in [-0.05, 0) is 44.4 Å². The molecule has 24 heavy (non-hydrogen) atoms. The zero-order valence-corrected chi connectivity index (χ0v) is 14.6. The molecule has 0 bridgehead atoms. The highest BCUT2D eigenvalue weighted by molar-refractivity contribution is 5.89. The number of pyridine rings is 1. The molecule has 0 fully saturated rings. The molecule has 0 radical (unpaired) electrons. The second kappa shape index (κ2) is 7.43. The van der Waals surface area contributed by atoms with Crippen molar-refractivity contribution in [1.82, 2.24) is 4.57 Å². The first-order chi connectivity index (χ1) is 11.5. The fourth-order valence-corrected chi connectivity index (χ4v) is 2.98. The van der Waals surface area contributed by atoms with Crippen LogP contribution in [0.15, 0.2) is 23.0 Å². The summed E-state index contributed by atoms with van der Waals surface area (Å²) in [5.41, 5.74) is 3.00. The van der Waals surface area contributed by atoms with E-state index >= 15 is 0 Å². The zero-order valence-electron chi connectivity index (χ0n) is 14.6. The van der Waals surface area contributed by atoms with Crippen molar-refractivity contribution in [2.24, 2.45) is 0 Å². The van der Waals surface area contributed by atoms with Gasteiger partial charge >= 0.3 is 0 Å². The van der Waals surface area contributed by atoms with Crippen LogP contribution in [-0.4, -0.2) is 10.9 Å². The number of hydrogen-bond acceptors (Lipinski definition) is 3. The van der Waals surface area contributed by atoms with E-state index in [9.17, 15) is 14.0 Å². The second-order valence-corrected chi connectivity index (χ2v) is 5.65. The summed E-state index contributed by atoms with van der Waals surface area (Å²) in [7, 11) is 0. The molecule has 3 rings (SSSR count). The van der Waals surface area contributed by atoms with E-state index in [1.807, 2.05) is 13.8 Å². The van der Waals surface area contributed by atoms with Crippen LogP contribution in [0.2, 0.25) is 0 Å². The molecule has 5 heteroatoms. The number of aldehydes is 1. The number of hydrogen-bond donors (Lipinski definition) is 1. The Morgan fingerprint density at radius 1 is 1.25 bits per heavy atom. The Balaban J connectivity index is 0.00000100. The van der Waals surface area contributed by atoms with Crippen LogP contribution in [0, 0.1) is 19.7 Å². The summed E-state index contributed by atoms with van der Waals surface area (Å²) in [4.78, 5) is 23.9. The van der Waals surface area contributed by atoms with Crippen LogP contribution in [0.4, 0.5) is 15.8 Å². The normalized spacial score (nSPS) is 12.2. The van der Waals surface area contributed by atoms with Crippen LogP contribution in [0.3, 0.4) is 0 Å². The lowest BCUT2D eigenvalue weighted by atomic mass is 10.1. The van der Waals surface area contributed by atoms with E-state index < -0.39 is 5.82 Å². The third kappa shape index (κ3) is 3.11. The minimum Gasteiger partial charge on any atom is -0.352 e. The lowest BCUT2D eigenvalue weighted by molar-refractivity contribution is 0.112. The molecule has 0 aliphatic carbocycles. The summed E-state index contributed by atoms with van der Waals surface area (Å²) in [6.07, 6.45) is 2.28. The fourth-order valence-electron chi connectivity index (χ4n) is 2.98. The molecule has 0 amide bonds. The van der Waals surface area contributed by atoms with Crippen molar-refractivity contribution in [3.8, 4) is 0 Å². The van der Waals surface area contributed by atoms with Crippen LogP contribution in [0.5, 0.6) is 0 Å². The predicted molar refractivity (Wildman–Crippen MR) is 94.9 cm³/mol. The van der Waals surface area contributed by atoms with Crippen molar-refractivity contribution < 1.29 is 9.18 Å². The Morgan fingerprint density at radius 2 is 1.96 bits per heavy atom. The quantitative estimate of drug-likeness (QED) is 0.861. The number of rotatable bonds is 3. The summed E-state index contributed by atoms with van der Waals surface area (Å²) in [6, 6.07) is 4.81. The molecule has 0 unspecified atom stereocenters. The lowest BCUT2D eigenvalue weighted by Crippen LogP contribution is -2.25.